The maximum Gasteiger partial charge on any atom is 0.417 e. The molecule has 104 valence electrons. The van der Waals surface area contributed by atoms with E-state index in [0.717, 1.165) is 12.3 Å². The van der Waals surface area contributed by atoms with Crippen molar-refractivity contribution in [2.75, 3.05) is 11.4 Å². The van der Waals surface area contributed by atoms with Crippen molar-refractivity contribution in [2.24, 2.45) is 0 Å². The molecule has 1 aromatic heterocycles. The van der Waals surface area contributed by atoms with Crippen LogP contribution in [0.5, 0.6) is 0 Å². The van der Waals surface area contributed by atoms with Crippen LogP contribution in [0.15, 0.2) is 12.3 Å². The number of anilines is 1. The highest BCUT2D eigenvalue weighted by molar-refractivity contribution is 6.33. The van der Waals surface area contributed by atoms with E-state index in [4.69, 9.17) is 16.9 Å². The van der Waals surface area contributed by atoms with E-state index < -0.39 is 11.7 Å². The van der Waals surface area contributed by atoms with Crippen molar-refractivity contribution >= 4 is 17.4 Å². The van der Waals surface area contributed by atoms with E-state index in [9.17, 15) is 13.2 Å². The van der Waals surface area contributed by atoms with Crippen molar-refractivity contribution in [1.82, 2.24) is 4.98 Å². The summed E-state index contributed by atoms with van der Waals surface area (Å²) >= 11 is 5.87. The first-order chi connectivity index (χ1) is 8.77. The van der Waals surface area contributed by atoms with Crippen LogP contribution in [0.3, 0.4) is 0 Å². The summed E-state index contributed by atoms with van der Waals surface area (Å²) in [6, 6.07) is 2.82. The average molecular weight is 292 g/mol. The van der Waals surface area contributed by atoms with E-state index in [2.05, 4.69) is 4.98 Å². The Morgan fingerprint density at radius 2 is 2.11 bits per heavy atom. The van der Waals surface area contributed by atoms with E-state index in [1.807, 2.05) is 19.9 Å². The van der Waals surface area contributed by atoms with E-state index in [1.165, 1.54) is 0 Å². The molecule has 0 aliphatic heterocycles. The minimum absolute atomic E-state index is 0.0184. The lowest BCUT2D eigenvalue weighted by molar-refractivity contribution is -0.137. The molecule has 0 spiro atoms. The first-order valence-corrected chi connectivity index (χ1v) is 6.01. The molecule has 0 aliphatic carbocycles. The van der Waals surface area contributed by atoms with E-state index in [0.29, 0.717) is 6.54 Å². The number of nitrogens with zero attached hydrogens (tertiary/aromatic N) is 3. The van der Waals surface area contributed by atoms with Crippen molar-refractivity contribution in [3.63, 3.8) is 0 Å². The van der Waals surface area contributed by atoms with Crippen LogP contribution in [0.25, 0.3) is 0 Å². The largest absolute Gasteiger partial charge is 0.417 e. The molecule has 1 aromatic rings. The number of halogens is 4. The highest BCUT2D eigenvalue weighted by Crippen LogP contribution is 2.33. The SMILES string of the molecule is CC(C)N(CCC#N)c1ncc(C(F)(F)F)cc1Cl. The van der Waals surface area contributed by atoms with Gasteiger partial charge in [0.15, 0.2) is 0 Å². The van der Waals surface area contributed by atoms with Crippen LogP contribution < -0.4 is 4.90 Å². The molecular formula is C12H13ClF3N3. The van der Waals surface area contributed by atoms with Crippen LogP contribution in [0.4, 0.5) is 19.0 Å². The van der Waals surface area contributed by atoms with Gasteiger partial charge in [0.25, 0.3) is 0 Å². The molecule has 0 N–H and O–H groups in total. The smallest absolute Gasteiger partial charge is 0.352 e. The number of aromatic nitrogens is 1. The third-order valence-corrected chi connectivity index (χ3v) is 2.79. The lowest BCUT2D eigenvalue weighted by Gasteiger charge is -2.28. The molecule has 0 aliphatic rings. The molecule has 1 rings (SSSR count). The normalized spacial score (nSPS) is 11.5. The van der Waals surface area contributed by atoms with Crippen LogP contribution in [0.2, 0.25) is 5.02 Å². The molecule has 3 nitrogen and oxygen atoms in total. The molecule has 19 heavy (non-hydrogen) atoms. The Balaban J connectivity index is 3.09. The summed E-state index contributed by atoms with van der Waals surface area (Å²) < 4.78 is 37.5. The zero-order valence-electron chi connectivity index (χ0n) is 10.5. The Kier molecular flexibility index (Phi) is 5.01. The van der Waals surface area contributed by atoms with Gasteiger partial charge in [0.2, 0.25) is 0 Å². The topological polar surface area (TPSA) is 39.9 Å². The minimum atomic E-state index is -4.47. The Morgan fingerprint density at radius 3 is 2.53 bits per heavy atom. The average Bonchev–Trinajstić information content (AvgIpc) is 2.29. The second-order valence-electron chi connectivity index (χ2n) is 4.22. The van der Waals surface area contributed by atoms with Gasteiger partial charge >= 0.3 is 6.18 Å². The van der Waals surface area contributed by atoms with Crippen LogP contribution >= 0.6 is 11.6 Å². The molecule has 0 bridgehead atoms. The molecule has 1 heterocycles. The predicted octanol–water partition coefficient (Wildman–Crippen LogP) is 3.88. The van der Waals surface area contributed by atoms with Gasteiger partial charge in [-0.15, -0.1) is 0 Å². The van der Waals surface area contributed by atoms with Gasteiger partial charge in [0.05, 0.1) is 23.1 Å². The molecule has 0 radical (unpaired) electrons. The van der Waals surface area contributed by atoms with E-state index in [-0.39, 0.29) is 23.3 Å². The number of pyridine rings is 1. The van der Waals surface area contributed by atoms with Crippen LogP contribution in [0, 0.1) is 11.3 Å². The van der Waals surface area contributed by atoms with Gasteiger partial charge < -0.3 is 4.90 Å². The highest BCUT2D eigenvalue weighted by atomic mass is 35.5. The summed E-state index contributed by atoms with van der Waals surface area (Å²) in [5.74, 6) is 0.264. The van der Waals surface area contributed by atoms with Crippen molar-refractivity contribution in [3.05, 3.63) is 22.8 Å². The second kappa shape index (κ2) is 6.11. The molecule has 7 heteroatoms. The minimum Gasteiger partial charge on any atom is -0.352 e. The van der Waals surface area contributed by atoms with Crippen molar-refractivity contribution in [2.45, 2.75) is 32.5 Å². The quantitative estimate of drug-likeness (QED) is 0.845. The summed E-state index contributed by atoms with van der Waals surface area (Å²) in [7, 11) is 0. The summed E-state index contributed by atoms with van der Waals surface area (Å²) in [4.78, 5) is 5.48. The summed E-state index contributed by atoms with van der Waals surface area (Å²) in [6.45, 7) is 4.08. The monoisotopic (exact) mass is 291 g/mol. The van der Waals surface area contributed by atoms with Crippen LogP contribution in [0.1, 0.15) is 25.8 Å². The molecule has 0 saturated heterocycles. The fraction of sp³-hybridized carbons (Fsp3) is 0.500. The van der Waals surface area contributed by atoms with Gasteiger partial charge in [-0.05, 0) is 19.9 Å². The summed E-state index contributed by atoms with van der Waals surface area (Å²) in [6.07, 6.45) is -3.47. The summed E-state index contributed by atoms with van der Waals surface area (Å²) in [5, 5.41) is 8.52. The number of alkyl halides is 3. The summed E-state index contributed by atoms with van der Waals surface area (Å²) in [5.41, 5.74) is -0.884. The van der Waals surface area contributed by atoms with Gasteiger partial charge in [-0.3, -0.25) is 0 Å². The zero-order valence-corrected chi connectivity index (χ0v) is 11.3. The number of nitriles is 1. The van der Waals surface area contributed by atoms with E-state index in [1.54, 1.807) is 4.90 Å². The molecule has 0 saturated carbocycles. The molecular weight excluding hydrogens is 279 g/mol. The second-order valence-corrected chi connectivity index (χ2v) is 4.63. The fourth-order valence-corrected chi connectivity index (χ4v) is 1.85. The lowest BCUT2D eigenvalue weighted by atomic mass is 10.2. The van der Waals surface area contributed by atoms with Crippen molar-refractivity contribution in [3.8, 4) is 6.07 Å². The third kappa shape index (κ3) is 4.00. The predicted molar refractivity (Wildman–Crippen MR) is 67.0 cm³/mol. The van der Waals surface area contributed by atoms with Crippen molar-refractivity contribution < 1.29 is 13.2 Å². The lowest BCUT2D eigenvalue weighted by Crippen LogP contribution is -2.32. The van der Waals surface area contributed by atoms with Gasteiger partial charge in [-0.1, -0.05) is 11.6 Å². The first-order valence-electron chi connectivity index (χ1n) is 5.63. The molecule has 0 aromatic carbocycles. The van der Waals surface area contributed by atoms with E-state index >= 15 is 0 Å². The van der Waals surface area contributed by atoms with Crippen LogP contribution in [-0.4, -0.2) is 17.6 Å². The maximum atomic E-state index is 12.5. The zero-order chi connectivity index (χ0) is 14.6. The Labute approximate surface area is 114 Å². The van der Waals surface area contributed by atoms with Gasteiger partial charge in [-0.2, -0.15) is 18.4 Å². The first kappa shape index (κ1) is 15.6. The number of rotatable bonds is 4. The van der Waals surface area contributed by atoms with Gasteiger partial charge in [-0.25, -0.2) is 4.98 Å². The van der Waals surface area contributed by atoms with Gasteiger partial charge in [0, 0.05) is 18.8 Å². The molecule has 0 fully saturated rings. The maximum absolute atomic E-state index is 12.5. The molecule has 0 unspecified atom stereocenters. The number of hydrogen-bond donors (Lipinski definition) is 0. The Hall–Kier alpha value is -1.48. The Morgan fingerprint density at radius 1 is 1.47 bits per heavy atom. The number of hydrogen-bond acceptors (Lipinski definition) is 3. The standard InChI is InChI=1S/C12H13ClF3N3/c1-8(2)19(5-3-4-17)11-10(13)6-9(7-18-11)12(14,15)16/h6-8H,3,5H2,1-2H3. The van der Waals surface area contributed by atoms with Crippen molar-refractivity contribution in [1.29, 1.82) is 5.26 Å². The van der Waals surface area contributed by atoms with Crippen LogP contribution in [-0.2, 0) is 6.18 Å². The van der Waals surface area contributed by atoms with Gasteiger partial charge in [0.1, 0.15) is 5.82 Å². The Bertz CT molecular complexity index is 480. The molecule has 0 amide bonds. The fourth-order valence-electron chi connectivity index (χ4n) is 1.58. The molecule has 0 atom stereocenters. The highest BCUT2D eigenvalue weighted by Gasteiger charge is 2.32. The third-order valence-electron chi connectivity index (χ3n) is 2.51.